The number of anilines is 3. The van der Waals surface area contributed by atoms with Crippen LogP contribution in [-0.4, -0.2) is 4.57 Å². The lowest BCUT2D eigenvalue weighted by atomic mass is 9.69. The van der Waals surface area contributed by atoms with Gasteiger partial charge in [-0.1, -0.05) is 268 Å². The summed E-state index contributed by atoms with van der Waals surface area (Å²) in [4.78, 5) is 2.76. The lowest BCUT2D eigenvalue weighted by Gasteiger charge is -2.44. The molecule has 10 aromatic carbocycles. The second-order valence-corrected chi connectivity index (χ2v) is 29.5. The van der Waals surface area contributed by atoms with Gasteiger partial charge < -0.3 is 9.47 Å². The van der Waals surface area contributed by atoms with Crippen LogP contribution in [0.15, 0.2) is 206 Å². The molecule has 0 N–H and O–H groups in total. The smallest absolute Gasteiger partial charge is 0.0626 e. The topological polar surface area (TPSA) is 8.17 Å². The van der Waals surface area contributed by atoms with Gasteiger partial charge in [-0.3, -0.25) is 0 Å². The summed E-state index contributed by atoms with van der Waals surface area (Å²) < 4.78 is 2.50. The van der Waals surface area contributed by atoms with Crippen LogP contribution in [0.1, 0.15) is 165 Å². The van der Waals surface area contributed by atoms with Gasteiger partial charge in [0.15, 0.2) is 0 Å². The first-order chi connectivity index (χ1) is 39.8. The Balaban J connectivity index is 1.20. The van der Waals surface area contributed by atoms with Gasteiger partial charge in [-0.2, -0.15) is 0 Å². The highest BCUT2D eigenvalue weighted by Gasteiger charge is 2.41. The van der Waals surface area contributed by atoms with Crippen LogP contribution in [-0.2, 0) is 33.5 Å². The molecule has 11 aromatic rings. The Labute approximate surface area is 500 Å². The van der Waals surface area contributed by atoms with Gasteiger partial charge >= 0.3 is 0 Å². The minimum atomic E-state index is -0.136. The quantitative estimate of drug-likeness (QED) is 0.161. The summed E-state index contributed by atoms with van der Waals surface area (Å²) in [7, 11) is 0. The molecule has 0 amide bonds. The second-order valence-electron chi connectivity index (χ2n) is 29.5. The molecule has 0 saturated heterocycles. The molecule has 2 nitrogen and oxygen atoms in total. The number of nitrogens with zero attached hydrogens (tertiary/aromatic N) is 2. The lowest BCUT2D eigenvalue weighted by Crippen LogP contribution is -2.28. The van der Waals surface area contributed by atoms with Crippen LogP contribution in [0.2, 0.25) is 0 Å². The Kier molecular flexibility index (Phi) is 12.9. The molecule has 13 rings (SSSR count). The van der Waals surface area contributed by atoms with Crippen molar-refractivity contribution in [2.24, 2.45) is 0 Å². The molecule has 2 heterocycles. The van der Waals surface area contributed by atoms with Crippen LogP contribution in [0, 0.1) is 0 Å². The van der Waals surface area contributed by atoms with Gasteiger partial charge in [0.1, 0.15) is 0 Å². The zero-order valence-electron chi connectivity index (χ0n) is 52.3. The molecule has 0 spiro atoms. The lowest BCUT2D eigenvalue weighted by molar-refractivity contribution is 0.568. The second kappa shape index (κ2) is 19.7. The third-order valence-corrected chi connectivity index (χ3v) is 18.4. The number of aromatic nitrogens is 1. The highest BCUT2D eigenvalue weighted by molar-refractivity contribution is 6.22. The monoisotopic (exact) mass is 1090 g/mol. The maximum atomic E-state index is 2.76. The molecule has 84 heavy (non-hydrogen) atoms. The predicted octanol–water partition coefficient (Wildman–Crippen LogP) is 22.8. The van der Waals surface area contributed by atoms with Crippen molar-refractivity contribution in [3.05, 3.63) is 262 Å². The fraction of sp³-hybridized carbons (Fsp3) is 0.268. The average Bonchev–Trinajstić information content (AvgIpc) is 1.11. The maximum Gasteiger partial charge on any atom is 0.0626 e. The third kappa shape index (κ3) is 9.51. The highest BCUT2D eigenvalue weighted by Crippen LogP contribution is 2.61. The summed E-state index contributed by atoms with van der Waals surface area (Å²) in [6.45, 7) is 35.4. The normalized spacial score (nSPS) is 14.4. The number of hydrogen-bond acceptors (Lipinski definition) is 1. The molecule has 1 aliphatic carbocycles. The number of fused-ring (bicyclic) bond motifs is 7. The molecule has 1 unspecified atom stereocenters. The summed E-state index contributed by atoms with van der Waals surface area (Å²) in [5.74, 6) is -0.0315. The summed E-state index contributed by atoms with van der Waals surface area (Å²) in [5, 5.41) is 2.47. The molecule has 0 bridgehead atoms. The number of para-hydroxylation sites is 2. The van der Waals surface area contributed by atoms with Gasteiger partial charge in [-0.15, -0.1) is 0 Å². The van der Waals surface area contributed by atoms with Crippen molar-refractivity contribution in [2.75, 3.05) is 4.90 Å². The minimum absolute atomic E-state index is 0.0109. The van der Waals surface area contributed by atoms with Crippen molar-refractivity contribution in [1.29, 1.82) is 0 Å². The van der Waals surface area contributed by atoms with E-state index in [1.807, 2.05) is 0 Å². The van der Waals surface area contributed by atoms with Crippen LogP contribution in [0.5, 0.6) is 0 Å². The zero-order chi connectivity index (χ0) is 59.0. The predicted molar refractivity (Wildman–Crippen MR) is 361 cm³/mol. The van der Waals surface area contributed by atoms with E-state index in [-0.39, 0.29) is 33.0 Å². The molecule has 0 saturated carbocycles. The number of rotatable bonds is 6. The average molecular weight is 1100 g/mol. The molecule has 0 radical (unpaired) electrons. The molecule has 1 aromatic heterocycles. The largest absolute Gasteiger partial charge is 0.309 e. The SMILES string of the molecule is CC(C)(C)c1cc(-c2ccc3c(c2)C2c4ccc(C(C)(C)C)cc4N(c4c(-c5ccccc5)cc5c(c4-c4ccccc4)c4ccccc4n5-c4ccccc4)c4cc(-c5cc(C(C)(C)C)cc(C(C)(C)C)c5)cc(c42)C3)cc(C(C)(C)C)c1. The molecular formula is C82H82N2. The maximum absolute atomic E-state index is 2.76. The summed E-state index contributed by atoms with van der Waals surface area (Å²) in [6, 6.07) is 80.1. The van der Waals surface area contributed by atoms with Gasteiger partial charge in [-0.25, -0.2) is 0 Å². The molecular weight excluding hydrogens is 1010 g/mol. The van der Waals surface area contributed by atoms with E-state index in [4.69, 9.17) is 0 Å². The van der Waals surface area contributed by atoms with E-state index >= 15 is 0 Å². The van der Waals surface area contributed by atoms with E-state index in [0.29, 0.717) is 0 Å². The molecule has 2 aliphatic rings. The number of hydrogen-bond donors (Lipinski definition) is 0. The Morgan fingerprint density at radius 1 is 0.345 bits per heavy atom. The van der Waals surface area contributed by atoms with Crippen molar-refractivity contribution in [1.82, 2.24) is 4.57 Å². The van der Waals surface area contributed by atoms with Crippen LogP contribution >= 0.6 is 0 Å². The van der Waals surface area contributed by atoms with E-state index in [0.717, 1.165) is 12.1 Å². The Morgan fingerprint density at radius 3 is 1.43 bits per heavy atom. The fourth-order valence-electron chi connectivity index (χ4n) is 13.5. The fourth-order valence-corrected chi connectivity index (χ4v) is 13.5. The first kappa shape index (κ1) is 55.0. The molecule has 0 fully saturated rings. The van der Waals surface area contributed by atoms with Gasteiger partial charge in [0.05, 0.1) is 28.1 Å². The molecule has 2 heteroatoms. The first-order valence-electron chi connectivity index (χ1n) is 30.6. The Hall–Kier alpha value is -8.20. The van der Waals surface area contributed by atoms with Gasteiger partial charge in [0, 0.05) is 33.5 Å². The van der Waals surface area contributed by atoms with Crippen molar-refractivity contribution in [2.45, 2.75) is 143 Å². The van der Waals surface area contributed by atoms with E-state index in [1.165, 1.54) is 139 Å². The van der Waals surface area contributed by atoms with Crippen LogP contribution < -0.4 is 4.90 Å². The summed E-state index contributed by atoms with van der Waals surface area (Å²) >= 11 is 0. The zero-order valence-corrected chi connectivity index (χ0v) is 52.3. The van der Waals surface area contributed by atoms with Crippen LogP contribution in [0.4, 0.5) is 17.1 Å². The summed E-state index contributed by atoms with van der Waals surface area (Å²) in [5.41, 5.74) is 30.4. The highest BCUT2D eigenvalue weighted by atomic mass is 15.2. The third-order valence-electron chi connectivity index (χ3n) is 18.4. The van der Waals surface area contributed by atoms with E-state index in [2.05, 4.69) is 320 Å². The van der Waals surface area contributed by atoms with E-state index < -0.39 is 0 Å². The van der Waals surface area contributed by atoms with Crippen molar-refractivity contribution in [3.8, 4) is 50.2 Å². The standard InChI is InChI=1S/C82H82N2/c1-78(2,3)59-37-38-66-70(49-59)84(77-68(51-27-19-16-20-28-51)50-72-76(74(77)52-29-21-17-22-30-52)65-33-25-26-34-69(65)83(72)64-31-23-18-24-32-64)71-46-55(57-43-62(81(10,11)12)48-63(44-57)82(13,14)15)40-58-39-54-36-35-53(45-67(54)75(66)73(58)71)56-41-60(79(4,5)6)47-61(42-56)80(7,8)9/h16-38,40-50,75H,39H2,1-15H3. The van der Waals surface area contributed by atoms with Crippen molar-refractivity contribution < 1.29 is 0 Å². The van der Waals surface area contributed by atoms with Gasteiger partial charge in [-0.05, 0) is 165 Å². The molecule has 420 valence electrons. The van der Waals surface area contributed by atoms with E-state index in [9.17, 15) is 0 Å². The first-order valence-corrected chi connectivity index (χ1v) is 30.6. The van der Waals surface area contributed by atoms with E-state index in [1.54, 1.807) is 0 Å². The Bertz CT molecular complexity index is 4320. The minimum Gasteiger partial charge on any atom is -0.309 e. The molecule has 1 atom stereocenters. The Morgan fingerprint density at radius 2 is 0.857 bits per heavy atom. The van der Waals surface area contributed by atoms with Crippen LogP contribution in [0.25, 0.3) is 72.0 Å². The van der Waals surface area contributed by atoms with Gasteiger partial charge in [0.2, 0.25) is 0 Å². The summed E-state index contributed by atoms with van der Waals surface area (Å²) in [6.07, 6.45) is 0.826. The number of benzene rings is 10. The molecule has 1 aliphatic heterocycles. The van der Waals surface area contributed by atoms with Crippen molar-refractivity contribution >= 4 is 38.9 Å². The van der Waals surface area contributed by atoms with Crippen molar-refractivity contribution in [3.63, 3.8) is 0 Å². The van der Waals surface area contributed by atoms with Crippen LogP contribution in [0.3, 0.4) is 0 Å². The van der Waals surface area contributed by atoms with Gasteiger partial charge in [0.25, 0.3) is 0 Å².